The number of benzene rings is 1. The summed E-state index contributed by atoms with van der Waals surface area (Å²) >= 11 is 3.05. The Morgan fingerprint density at radius 3 is 2.85 bits per heavy atom. The number of rotatable bonds is 5. The zero-order valence-electron chi connectivity index (χ0n) is 10.7. The fraction of sp³-hybridized carbons (Fsp3) is 0.214. The maximum absolute atomic E-state index is 12.2. The molecule has 102 valence electrons. The van der Waals surface area contributed by atoms with Crippen molar-refractivity contribution in [3.8, 4) is 0 Å². The minimum Gasteiger partial charge on any atom is -0.330 e. The van der Waals surface area contributed by atoms with Gasteiger partial charge in [-0.05, 0) is 18.7 Å². The second kappa shape index (κ2) is 5.78. The molecule has 0 amide bonds. The van der Waals surface area contributed by atoms with Gasteiger partial charge in [-0.3, -0.25) is 4.79 Å². The Labute approximate surface area is 124 Å². The second-order valence-electron chi connectivity index (χ2n) is 4.34. The minimum absolute atomic E-state index is 0.0172. The summed E-state index contributed by atoms with van der Waals surface area (Å²) in [7, 11) is 0. The molecule has 0 atom stereocenters. The zero-order chi connectivity index (χ0) is 13.9. The van der Waals surface area contributed by atoms with Crippen molar-refractivity contribution in [2.45, 2.75) is 12.8 Å². The van der Waals surface area contributed by atoms with Gasteiger partial charge in [-0.1, -0.05) is 12.1 Å². The van der Waals surface area contributed by atoms with Gasteiger partial charge in [0.05, 0.1) is 21.6 Å². The average molecular weight is 303 g/mol. The molecule has 0 saturated heterocycles. The summed E-state index contributed by atoms with van der Waals surface area (Å²) in [6, 6.07) is 7.91. The largest absolute Gasteiger partial charge is 0.330 e. The smallest absolute Gasteiger partial charge is 0.188 e. The zero-order valence-corrected chi connectivity index (χ0v) is 12.3. The summed E-state index contributed by atoms with van der Waals surface area (Å²) in [4.78, 5) is 21.0. The lowest BCUT2D eigenvalue weighted by atomic mass is 10.2. The van der Waals surface area contributed by atoms with Gasteiger partial charge in [-0.15, -0.1) is 22.7 Å². The molecule has 4 nitrogen and oxygen atoms in total. The Morgan fingerprint density at radius 2 is 2.05 bits per heavy atom. The quantitative estimate of drug-likeness (QED) is 0.736. The molecular weight excluding hydrogens is 290 g/mol. The molecule has 2 N–H and O–H groups in total. The van der Waals surface area contributed by atoms with Crippen molar-refractivity contribution in [2.24, 2.45) is 5.73 Å². The minimum atomic E-state index is 0.0172. The fourth-order valence-electron chi connectivity index (χ4n) is 1.90. The second-order valence-corrected chi connectivity index (χ2v) is 6.40. The lowest BCUT2D eigenvalue weighted by Gasteiger charge is -1.93. The van der Waals surface area contributed by atoms with Crippen molar-refractivity contribution in [3.63, 3.8) is 0 Å². The molecule has 0 bridgehead atoms. The molecule has 0 fully saturated rings. The summed E-state index contributed by atoms with van der Waals surface area (Å²) in [5.74, 6) is 0.0172. The van der Waals surface area contributed by atoms with Gasteiger partial charge >= 0.3 is 0 Å². The first kappa shape index (κ1) is 13.4. The Hall–Kier alpha value is -1.63. The van der Waals surface area contributed by atoms with E-state index in [1.807, 2.05) is 24.3 Å². The van der Waals surface area contributed by atoms with Gasteiger partial charge < -0.3 is 5.73 Å². The maximum Gasteiger partial charge on any atom is 0.188 e. The molecular formula is C14H13N3OS2. The number of nitrogens with zero attached hydrogens (tertiary/aromatic N) is 2. The van der Waals surface area contributed by atoms with E-state index in [2.05, 4.69) is 9.97 Å². The first-order valence-electron chi connectivity index (χ1n) is 6.28. The number of carbonyl (C=O) groups is 1. The molecule has 0 aliphatic rings. The number of hydrogen-bond acceptors (Lipinski definition) is 6. The van der Waals surface area contributed by atoms with Gasteiger partial charge in [0.25, 0.3) is 0 Å². The van der Waals surface area contributed by atoms with Gasteiger partial charge in [-0.2, -0.15) is 0 Å². The van der Waals surface area contributed by atoms with Crippen molar-refractivity contribution in [1.29, 1.82) is 0 Å². The number of hydrogen-bond donors (Lipinski definition) is 1. The summed E-state index contributed by atoms with van der Waals surface area (Å²) in [5.41, 5.74) is 6.96. The Bertz CT molecular complexity index is 715. The SMILES string of the molecule is NCCc1nc(C(=O)Cc2nc3ccccc3s2)cs1. The Kier molecular flexibility index (Phi) is 3.86. The highest BCUT2D eigenvalue weighted by Gasteiger charge is 2.14. The topological polar surface area (TPSA) is 68.9 Å². The third-order valence-corrected chi connectivity index (χ3v) is 4.79. The normalized spacial score (nSPS) is 11.1. The molecule has 0 radical (unpaired) electrons. The van der Waals surface area contributed by atoms with Crippen molar-refractivity contribution in [2.75, 3.05) is 6.54 Å². The van der Waals surface area contributed by atoms with Crippen molar-refractivity contribution in [1.82, 2.24) is 9.97 Å². The van der Waals surface area contributed by atoms with Gasteiger partial charge in [-0.25, -0.2) is 9.97 Å². The number of aromatic nitrogens is 2. The fourth-order valence-corrected chi connectivity index (χ4v) is 3.69. The van der Waals surface area contributed by atoms with Crippen LogP contribution in [0.2, 0.25) is 0 Å². The van der Waals surface area contributed by atoms with Crippen molar-refractivity contribution in [3.05, 3.63) is 45.4 Å². The van der Waals surface area contributed by atoms with Gasteiger partial charge in [0.2, 0.25) is 0 Å². The van der Waals surface area contributed by atoms with E-state index < -0.39 is 0 Å². The van der Waals surface area contributed by atoms with Crippen molar-refractivity contribution >= 4 is 38.7 Å². The lowest BCUT2D eigenvalue weighted by molar-refractivity contribution is 0.0988. The molecule has 3 rings (SSSR count). The van der Waals surface area contributed by atoms with E-state index in [-0.39, 0.29) is 5.78 Å². The van der Waals surface area contributed by atoms with Crippen LogP contribution < -0.4 is 5.73 Å². The predicted octanol–water partition coefficient (Wildman–Crippen LogP) is 2.68. The number of fused-ring (bicyclic) bond motifs is 1. The van der Waals surface area contributed by atoms with Crippen LogP contribution in [0.3, 0.4) is 0 Å². The average Bonchev–Trinajstić information content (AvgIpc) is 3.04. The van der Waals surface area contributed by atoms with Crippen molar-refractivity contribution < 1.29 is 4.79 Å². The van der Waals surface area contributed by atoms with E-state index in [1.54, 1.807) is 16.7 Å². The summed E-state index contributed by atoms with van der Waals surface area (Å²) in [6.45, 7) is 0.555. The van der Waals surface area contributed by atoms with Gasteiger partial charge in [0, 0.05) is 11.8 Å². The number of para-hydroxylation sites is 1. The molecule has 1 aromatic carbocycles. The van der Waals surface area contributed by atoms with Crippen LogP contribution in [0.1, 0.15) is 20.5 Å². The predicted molar refractivity (Wildman–Crippen MR) is 82.5 cm³/mol. The van der Waals surface area contributed by atoms with Gasteiger partial charge in [0.1, 0.15) is 10.7 Å². The molecule has 0 aliphatic heterocycles. The molecule has 3 aromatic rings. The first-order chi connectivity index (χ1) is 9.76. The lowest BCUT2D eigenvalue weighted by Crippen LogP contribution is -2.06. The van der Waals surface area contributed by atoms with Crippen LogP contribution >= 0.6 is 22.7 Å². The van der Waals surface area contributed by atoms with Crippen LogP contribution in [-0.4, -0.2) is 22.3 Å². The maximum atomic E-state index is 12.2. The summed E-state index contributed by atoms with van der Waals surface area (Å²) < 4.78 is 1.11. The van der Waals surface area contributed by atoms with Crippen LogP contribution in [0.15, 0.2) is 29.6 Å². The summed E-state index contributed by atoms with van der Waals surface area (Å²) in [5, 5.41) is 3.56. The number of ketones is 1. The van der Waals surface area contributed by atoms with Crippen LogP contribution in [0.5, 0.6) is 0 Å². The Morgan fingerprint density at radius 1 is 1.20 bits per heavy atom. The summed E-state index contributed by atoms with van der Waals surface area (Å²) in [6.07, 6.45) is 1.03. The molecule has 0 spiro atoms. The van der Waals surface area contributed by atoms with Crippen LogP contribution in [0.4, 0.5) is 0 Å². The highest BCUT2D eigenvalue weighted by atomic mass is 32.1. The molecule has 6 heteroatoms. The highest BCUT2D eigenvalue weighted by Crippen LogP contribution is 2.23. The van der Waals surface area contributed by atoms with Crippen LogP contribution in [-0.2, 0) is 12.8 Å². The molecule has 2 heterocycles. The third kappa shape index (κ3) is 2.77. The molecule has 2 aromatic heterocycles. The highest BCUT2D eigenvalue weighted by molar-refractivity contribution is 7.18. The van der Waals surface area contributed by atoms with E-state index in [9.17, 15) is 4.79 Å². The van der Waals surface area contributed by atoms with E-state index in [0.29, 0.717) is 18.7 Å². The van der Waals surface area contributed by atoms with E-state index in [4.69, 9.17) is 5.73 Å². The van der Waals surface area contributed by atoms with E-state index in [1.165, 1.54) is 11.3 Å². The molecule has 0 unspecified atom stereocenters. The third-order valence-electron chi connectivity index (χ3n) is 2.85. The monoisotopic (exact) mass is 303 g/mol. The van der Waals surface area contributed by atoms with Crippen LogP contribution in [0.25, 0.3) is 10.2 Å². The molecule has 0 aliphatic carbocycles. The number of Topliss-reactive ketones (excluding diaryl/α,β-unsaturated/α-hetero) is 1. The van der Waals surface area contributed by atoms with Crippen LogP contribution in [0, 0.1) is 0 Å². The number of thiazole rings is 2. The molecule has 20 heavy (non-hydrogen) atoms. The Balaban J connectivity index is 1.77. The number of carbonyl (C=O) groups excluding carboxylic acids is 1. The number of nitrogens with two attached hydrogens (primary N) is 1. The van der Waals surface area contributed by atoms with E-state index >= 15 is 0 Å². The molecule has 0 saturated carbocycles. The van der Waals surface area contributed by atoms with E-state index in [0.717, 1.165) is 26.7 Å². The van der Waals surface area contributed by atoms with Gasteiger partial charge in [0.15, 0.2) is 5.78 Å². The standard InChI is InChI=1S/C14H13N3OS2/c15-6-5-13-17-10(8-19-13)11(18)7-14-16-9-3-1-2-4-12(9)20-14/h1-4,8H,5-7,15H2. The first-order valence-corrected chi connectivity index (χ1v) is 7.98.